The summed E-state index contributed by atoms with van der Waals surface area (Å²) in [5.74, 6) is -0.144. The summed E-state index contributed by atoms with van der Waals surface area (Å²) in [5.41, 5.74) is 4.88. The van der Waals surface area contributed by atoms with Gasteiger partial charge in [0.05, 0.1) is 18.9 Å². The molecule has 2 aromatic carbocycles. The van der Waals surface area contributed by atoms with Crippen LogP contribution in [-0.2, 0) is 4.74 Å². The van der Waals surface area contributed by atoms with Gasteiger partial charge in [0.25, 0.3) is 5.91 Å². The number of nitrogens with one attached hydrogen (secondary N) is 1. The van der Waals surface area contributed by atoms with Gasteiger partial charge >= 0.3 is 0 Å². The Morgan fingerprint density at radius 3 is 2.59 bits per heavy atom. The molecule has 1 amide bonds. The zero-order valence-electron chi connectivity index (χ0n) is 15.1. The highest BCUT2D eigenvalue weighted by Gasteiger charge is 2.14. The van der Waals surface area contributed by atoms with E-state index in [1.807, 2.05) is 47.8 Å². The van der Waals surface area contributed by atoms with E-state index in [1.165, 1.54) is 16.9 Å². The number of ether oxygens (including phenoxy) is 1. The van der Waals surface area contributed by atoms with Crippen LogP contribution in [0.5, 0.6) is 0 Å². The molecule has 0 saturated carbocycles. The van der Waals surface area contributed by atoms with Gasteiger partial charge in [-0.15, -0.1) is 11.3 Å². The highest BCUT2D eigenvalue weighted by molar-refractivity contribution is 7.14. The number of nitrogens with zero attached hydrogens (tertiary/aromatic N) is 2. The van der Waals surface area contributed by atoms with Crippen LogP contribution in [0, 0.1) is 6.92 Å². The first kappa shape index (κ1) is 17.7. The SMILES string of the molecule is Cc1ccccc1-c1csc(NC(=O)c2ccc(N3CCOCC3)cc2)n1. The highest BCUT2D eigenvalue weighted by atomic mass is 32.1. The molecule has 1 saturated heterocycles. The zero-order chi connectivity index (χ0) is 18.6. The van der Waals surface area contributed by atoms with E-state index in [0.29, 0.717) is 10.7 Å². The Kier molecular flexibility index (Phi) is 5.18. The number of carbonyl (C=O) groups is 1. The third-order valence-electron chi connectivity index (χ3n) is 4.65. The molecule has 0 radical (unpaired) electrons. The number of benzene rings is 2. The minimum Gasteiger partial charge on any atom is -0.378 e. The van der Waals surface area contributed by atoms with E-state index >= 15 is 0 Å². The van der Waals surface area contributed by atoms with Crippen molar-refractivity contribution in [3.05, 3.63) is 65.0 Å². The first-order valence-corrected chi connectivity index (χ1v) is 9.84. The number of hydrogen-bond acceptors (Lipinski definition) is 5. The Labute approximate surface area is 162 Å². The normalized spacial score (nSPS) is 14.2. The van der Waals surface area contributed by atoms with Crippen molar-refractivity contribution in [2.75, 3.05) is 36.5 Å². The van der Waals surface area contributed by atoms with E-state index in [-0.39, 0.29) is 5.91 Å². The summed E-state index contributed by atoms with van der Waals surface area (Å²) in [5, 5.41) is 5.48. The quantitative estimate of drug-likeness (QED) is 0.738. The van der Waals surface area contributed by atoms with Gasteiger partial charge in [0.1, 0.15) is 0 Å². The third kappa shape index (κ3) is 4.02. The standard InChI is InChI=1S/C21H21N3O2S/c1-15-4-2-3-5-18(15)19-14-27-21(22-19)23-20(25)16-6-8-17(9-7-16)24-10-12-26-13-11-24/h2-9,14H,10-13H2,1H3,(H,22,23,25). The molecule has 0 spiro atoms. The van der Waals surface area contributed by atoms with Gasteiger partial charge in [-0.2, -0.15) is 0 Å². The van der Waals surface area contributed by atoms with E-state index in [1.54, 1.807) is 0 Å². The number of aryl methyl sites for hydroxylation is 1. The molecule has 1 N–H and O–H groups in total. The van der Waals surface area contributed by atoms with Gasteiger partial charge in [0, 0.05) is 35.3 Å². The van der Waals surface area contributed by atoms with Crippen LogP contribution in [-0.4, -0.2) is 37.2 Å². The first-order valence-electron chi connectivity index (χ1n) is 8.96. The van der Waals surface area contributed by atoms with Crippen molar-refractivity contribution >= 4 is 28.1 Å². The average Bonchev–Trinajstić information content (AvgIpc) is 3.17. The van der Waals surface area contributed by atoms with Crippen molar-refractivity contribution in [1.82, 2.24) is 4.98 Å². The molecule has 5 nitrogen and oxygen atoms in total. The number of hydrogen-bond donors (Lipinski definition) is 1. The maximum Gasteiger partial charge on any atom is 0.257 e. The van der Waals surface area contributed by atoms with Crippen molar-refractivity contribution in [1.29, 1.82) is 0 Å². The molecule has 2 heterocycles. The lowest BCUT2D eigenvalue weighted by molar-refractivity contribution is 0.102. The monoisotopic (exact) mass is 379 g/mol. The summed E-state index contributed by atoms with van der Waals surface area (Å²) in [6.07, 6.45) is 0. The topological polar surface area (TPSA) is 54.5 Å². The van der Waals surface area contributed by atoms with Gasteiger partial charge in [-0.1, -0.05) is 24.3 Å². The van der Waals surface area contributed by atoms with Gasteiger partial charge in [-0.05, 0) is 36.8 Å². The molecule has 6 heteroatoms. The number of aromatic nitrogens is 1. The number of morpholine rings is 1. The third-order valence-corrected chi connectivity index (χ3v) is 5.41. The van der Waals surface area contributed by atoms with Crippen LogP contribution in [0.1, 0.15) is 15.9 Å². The predicted octanol–water partition coefficient (Wildman–Crippen LogP) is 4.21. The second-order valence-corrected chi connectivity index (χ2v) is 7.31. The molecular weight excluding hydrogens is 358 g/mol. The molecule has 0 aliphatic carbocycles. The zero-order valence-corrected chi connectivity index (χ0v) is 16.0. The Morgan fingerprint density at radius 1 is 1.11 bits per heavy atom. The summed E-state index contributed by atoms with van der Waals surface area (Å²) in [7, 11) is 0. The molecule has 1 fully saturated rings. The van der Waals surface area contributed by atoms with E-state index in [2.05, 4.69) is 28.2 Å². The molecule has 3 aromatic rings. The van der Waals surface area contributed by atoms with Crippen molar-refractivity contribution < 1.29 is 9.53 Å². The summed E-state index contributed by atoms with van der Waals surface area (Å²) in [4.78, 5) is 19.4. The fourth-order valence-electron chi connectivity index (χ4n) is 3.13. The molecule has 4 rings (SSSR count). The number of amides is 1. The Hall–Kier alpha value is -2.70. The van der Waals surface area contributed by atoms with Crippen LogP contribution in [0.15, 0.2) is 53.9 Å². The lowest BCUT2D eigenvalue weighted by atomic mass is 10.1. The molecular formula is C21H21N3O2S. The number of rotatable bonds is 4. The molecule has 1 aromatic heterocycles. The van der Waals surface area contributed by atoms with Crippen molar-refractivity contribution in [2.24, 2.45) is 0 Å². The first-order chi connectivity index (χ1) is 13.2. The van der Waals surface area contributed by atoms with Crippen LogP contribution in [0.3, 0.4) is 0 Å². The van der Waals surface area contributed by atoms with Gasteiger partial charge < -0.3 is 9.64 Å². The molecule has 0 bridgehead atoms. The lowest BCUT2D eigenvalue weighted by Gasteiger charge is -2.28. The fraction of sp³-hybridized carbons (Fsp3) is 0.238. The number of anilines is 2. The Bertz CT molecular complexity index is 931. The predicted molar refractivity (Wildman–Crippen MR) is 110 cm³/mol. The molecule has 0 atom stereocenters. The van der Waals surface area contributed by atoms with Gasteiger partial charge in [0.15, 0.2) is 5.13 Å². The van der Waals surface area contributed by atoms with Crippen LogP contribution in [0.2, 0.25) is 0 Å². The van der Waals surface area contributed by atoms with Crippen molar-refractivity contribution in [3.8, 4) is 11.3 Å². The minimum absolute atomic E-state index is 0.144. The minimum atomic E-state index is -0.144. The van der Waals surface area contributed by atoms with Gasteiger partial charge in [0.2, 0.25) is 0 Å². The van der Waals surface area contributed by atoms with Crippen LogP contribution in [0.4, 0.5) is 10.8 Å². The maximum atomic E-state index is 12.5. The van der Waals surface area contributed by atoms with Gasteiger partial charge in [-0.3, -0.25) is 10.1 Å². The highest BCUT2D eigenvalue weighted by Crippen LogP contribution is 2.27. The maximum absolute atomic E-state index is 12.5. The van der Waals surface area contributed by atoms with Crippen molar-refractivity contribution in [2.45, 2.75) is 6.92 Å². The second kappa shape index (κ2) is 7.90. The van der Waals surface area contributed by atoms with E-state index < -0.39 is 0 Å². The summed E-state index contributed by atoms with van der Waals surface area (Å²) in [6, 6.07) is 15.8. The van der Waals surface area contributed by atoms with Gasteiger partial charge in [-0.25, -0.2) is 4.98 Å². The number of carbonyl (C=O) groups excluding carboxylic acids is 1. The molecule has 27 heavy (non-hydrogen) atoms. The van der Waals surface area contributed by atoms with E-state index in [4.69, 9.17) is 4.74 Å². The Morgan fingerprint density at radius 2 is 1.85 bits per heavy atom. The smallest absolute Gasteiger partial charge is 0.257 e. The Balaban J connectivity index is 1.44. The molecule has 0 unspecified atom stereocenters. The van der Waals surface area contributed by atoms with E-state index in [9.17, 15) is 4.79 Å². The average molecular weight is 379 g/mol. The fourth-order valence-corrected chi connectivity index (χ4v) is 3.84. The molecule has 1 aliphatic rings. The molecule has 1 aliphatic heterocycles. The summed E-state index contributed by atoms with van der Waals surface area (Å²) >= 11 is 1.44. The van der Waals surface area contributed by atoms with Crippen LogP contribution < -0.4 is 10.2 Å². The van der Waals surface area contributed by atoms with Crippen LogP contribution in [0.25, 0.3) is 11.3 Å². The lowest BCUT2D eigenvalue weighted by Crippen LogP contribution is -2.36. The molecule has 138 valence electrons. The van der Waals surface area contributed by atoms with Crippen molar-refractivity contribution in [3.63, 3.8) is 0 Å². The summed E-state index contributed by atoms with van der Waals surface area (Å²) in [6.45, 7) is 5.31. The van der Waals surface area contributed by atoms with Crippen LogP contribution >= 0.6 is 11.3 Å². The number of thiazole rings is 1. The summed E-state index contributed by atoms with van der Waals surface area (Å²) < 4.78 is 5.38. The van der Waals surface area contributed by atoms with E-state index in [0.717, 1.165) is 43.2 Å². The largest absolute Gasteiger partial charge is 0.378 e. The second-order valence-electron chi connectivity index (χ2n) is 6.45.